The molecule has 0 aromatic heterocycles. The molecule has 0 unspecified atom stereocenters. The Morgan fingerprint density at radius 2 is 1.79 bits per heavy atom. The smallest absolute Gasteiger partial charge is 0.185 e. The van der Waals surface area contributed by atoms with Gasteiger partial charge in [-0.15, -0.1) is 0 Å². The minimum atomic E-state index is -3.70. The van der Waals surface area contributed by atoms with Gasteiger partial charge in [0.2, 0.25) is 0 Å². The molecule has 0 saturated heterocycles. The third-order valence-corrected chi connectivity index (χ3v) is 7.39. The molecule has 1 atom stereocenters. The zero-order valence-electron chi connectivity index (χ0n) is 20.9. The summed E-state index contributed by atoms with van der Waals surface area (Å²) >= 11 is 0. The average molecular weight is 487 g/mol. The topological polar surface area (TPSA) is 69.7 Å². The Kier molecular flexibility index (Phi) is 11.7. The molecule has 0 fully saturated rings. The third kappa shape index (κ3) is 9.53. The molecule has 1 aliphatic carbocycles. The van der Waals surface area contributed by atoms with Gasteiger partial charge in [-0.1, -0.05) is 59.2 Å². The van der Waals surface area contributed by atoms with Crippen molar-refractivity contribution >= 4 is 15.6 Å². The third-order valence-electron chi connectivity index (χ3n) is 5.76. The Morgan fingerprint density at radius 3 is 2.47 bits per heavy atom. The standard InChI is InChI=1S/C28H38O5S/c1-22(2)10-8-11-23(3)12-9-13-24-16-17-27(25(18-24)19-33-21-32-4)28(29)20-34(30,31)26-14-6-5-7-15-26/h5-7,10,12,14-17,25H,8-9,11,13,18-21H2,1-4H3/b23-12+/t25-/m1/s1. The lowest BCUT2D eigenvalue weighted by atomic mass is 9.84. The molecule has 1 aromatic carbocycles. The first-order chi connectivity index (χ1) is 16.2. The van der Waals surface area contributed by atoms with Gasteiger partial charge in [0.1, 0.15) is 12.5 Å². The number of sulfone groups is 1. The van der Waals surface area contributed by atoms with Gasteiger partial charge in [-0.25, -0.2) is 8.42 Å². The van der Waals surface area contributed by atoms with Crippen molar-refractivity contribution < 1.29 is 22.7 Å². The van der Waals surface area contributed by atoms with Crippen LogP contribution in [0.3, 0.4) is 0 Å². The Balaban J connectivity index is 2.07. The second-order valence-electron chi connectivity index (χ2n) is 9.03. The monoisotopic (exact) mass is 486 g/mol. The normalized spacial score (nSPS) is 16.6. The second-order valence-corrected chi connectivity index (χ2v) is 11.0. The Hall–Kier alpha value is -2.28. The van der Waals surface area contributed by atoms with Crippen LogP contribution in [-0.4, -0.2) is 40.5 Å². The molecule has 0 amide bonds. The lowest BCUT2D eigenvalue weighted by Crippen LogP contribution is -2.26. The quantitative estimate of drug-likeness (QED) is 0.183. The van der Waals surface area contributed by atoms with E-state index in [1.54, 1.807) is 31.4 Å². The van der Waals surface area contributed by atoms with Crippen LogP contribution < -0.4 is 0 Å². The highest BCUT2D eigenvalue weighted by Gasteiger charge is 2.28. The number of hydrogen-bond donors (Lipinski definition) is 0. The van der Waals surface area contributed by atoms with E-state index >= 15 is 0 Å². The number of ketones is 1. The molecule has 0 N–H and O–H groups in total. The number of carbonyl (C=O) groups is 1. The van der Waals surface area contributed by atoms with Crippen molar-refractivity contribution in [1.29, 1.82) is 0 Å². The number of rotatable bonds is 14. The van der Waals surface area contributed by atoms with Crippen LogP contribution in [0.15, 0.2) is 81.8 Å². The van der Waals surface area contributed by atoms with Crippen LogP contribution in [0.5, 0.6) is 0 Å². The molecule has 186 valence electrons. The molecule has 2 rings (SSSR count). The van der Waals surface area contributed by atoms with Crippen LogP contribution >= 0.6 is 0 Å². The van der Waals surface area contributed by atoms with Gasteiger partial charge < -0.3 is 9.47 Å². The summed E-state index contributed by atoms with van der Waals surface area (Å²) in [7, 11) is -2.15. The van der Waals surface area contributed by atoms with Crippen molar-refractivity contribution in [3.05, 3.63) is 76.9 Å². The lowest BCUT2D eigenvalue weighted by molar-refractivity contribution is -0.114. The molecule has 1 aromatic rings. The van der Waals surface area contributed by atoms with Gasteiger partial charge in [0.05, 0.1) is 11.5 Å². The van der Waals surface area contributed by atoms with Gasteiger partial charge in [-0.2, -0.15) is 0 Å². The summed E-state index contributed by atoms with van der Waals surface area (Å²) in [5, 5.41) is 0. The maximum atomic E-state index is 13.0. The summed E-state index contributed by atoms with van der Waals surface area (Å²) < 4.78 is 36.0. The highest BCUT2D eigenvalue weighted by Crippen LogP contribution is 2.30. The van der Waals surface area contributed by atoms with Crippen LogP contribution in [0.4, 0.5) is 0 Å². The van der Waals surface area contributed by atoms with Crippen LogP contribution in [0, 0.1) is 5.92 Å². The van der Waals surface area contributed by atoms with Gasteiger partial charge in [-0.05, 0) is 65.0 Å². The van der Waals surface area contributed by atoms with Gasteiger partial charge in [-0.3, -0.25) is 4.79 Å². The minimum absolute atomic E-state index is 0.132. The maximum Gasteiger partial charge on any atom is 0.185 e. The highest BCUT2D eigenvalue weighted by atomic mass is 32.2. The highest BCUT2D eigenvalue weighted by molar-refractivity contribution is 7.92. The Morgan fingerprint density at radius 1 is 1.06 bits per heavy atom. The average Bonchev–Trinajstić information content (AvgIpc) is 2.79. The number of Topliss-reactive ketones (excluding diaryl/α,β-unsaturated/α-hetero) is 1. The number of methoxy groups -OCH3 is 1. The van der Waals surface area contributed by atoms with Crippen molar-refractivity contribution in [3.8, 4) is 0 Å². The number of ether oxygens (including phenoxy) is 2. The molecule has 0 aliphatic heterocycles. The molecule has 34 heavy (non-hydrogen) atoms. The molecule has 5 nitrogen and oxygen atoms in total. The number of carbonyl (C=O) groups excluding carboxylic acids is 1. The van der Waals surface area contributed by atoms with E-state index in [4.69, 9.17) is 9.47 Å². The Labute approximate surface area is 205 Å². The molecule has 6 heteroatoms. The van der Waals surface area contributed by atoms with Crippen LogP contribution in [0.1, 0.15) is 52.9 Å². The summed E-state index contributed by atoms with van der Waals surface area (Å²) in [5.41, 5.74) is 4.47. The molecule has 1 aliphatic rings. The summed E-state index contributed by atoms with van der Waals surface area (Å²) in [4.78, 5) is 13.2. The van der Waals surface area contributed by atoms with Gasteiger partial charge in [0.15, 0.2) is 15.6 Å². The van der Waals surface area contributed by atoms with Gasteiger partial charge in [0.25, 0.3) is 0 Å². The molecule has 0 spiro atoms. The van der Waals surface area contributed by atoms with E-state index in [2.05, 4.69) is 32.9 Å². The zero-order valence-corrected chi connectivity index (χ0v) is 21.7. The van der Waals surface area contributed by atoms with Crippen molar-refractivity contribution in [2.24, 2.45) is 5.92 Å². The van der Waals surface area contributed by atoms with Crippen LogP contribution in [0.25, 0.3) is 0 Å². The van der Waals surface area contributed by atoms with E-state index in [0.717, 1.165) is 25.7 Å². The summed E-state index contributed by atoms with van der Waals surface area (Å²) in [6.45, 7) is 6.84. The summed E-state index contributed by atoms with van der Waals surface area (Å²) in [6, 6.07) is 8.10. The summed E-state index contributed by atoms with van der Waals surface area (Å²) in [5.74, 6) is -1.10. The van der Waals surface area contributed by atoms with Gasteiger partial charge >= 0.3 is 0 Å². The number of hydrogen-bond acceptors (Lipinski definition) is 5. The van der Waals surface area contributed by atoms with Crippen molar-refractivity contribution in [2.75, 3.05) is 26.3 Å². The van der Waals surface area contributed by atoms with Crippen molar-refractivity contribution in [3.63, 3.8) is 0 Å². The molecular formula is C28H38O5S. The van der Waals surface area contributed by atoms with Crippen LogP contribution in [-0.2, 0) is 24.1 Å². The predicted molar refractivity (Wildman–Crippen MR) is 137 cm³/mol. The molecular weight excluding hydrogens is 448 g/mol. The van der Waals surface area contributed by atoms with E-state index in [-0.39, 0.29) is 23.4 Å². The first kappa shape index (κ1) is 28.0. The number of benzene rings is 1. The predicted octanol–water partition coefficient (Wildman–Crippen LogP) is 6.00. The first-order valence-corrected chi connectivity index (χ1v) is 13.4. The van der Waals surface area contributed by atoms with Crippen molar-refractivity contribution in [1.82, 2.24) is 0 Å². The van der Waals surface area contributed by atoms with E-state index in [1.807, 2.05) is 6.08 Å². The fourth-order valence-corrected chi connectivity index (χ4v) is 5.18. The van der Waals surface area contributed by atoms with E-state index < -0.39 is 15.6 Å². The fourth-order valence-electron chi connectivity index (χ4n) is 3.93. The van der Waals surface area contributed by atoms with Gasteiger partial charge in [0, 0.05) is 18.6 Å². The summed E-state index contributed by atoms with van der Waals surface area (Å²) in [6.07, 6.45) is 12.9. The largest absolute Gasteiger partial charge is 0.359 e. The maximum absolute atomic E-state index is 13.0. The Bertz CT molecular complexity index is 1030. The molecule has 0 bridgehead atoms. The van der Waals surface area contributed by atoms with Crippen LogP contribution in [0.2, 0.25) is 0 Å². The molecule has 0 radical (unpaired) electrons. The number of allylic oxidation sites excluding steroid dienone is 7. The molecule has 0 heterocycles. The first-order valence-electron chi connectivity index (χ1n) is 11.8. The van der Waals surface area contributed by atoms with E-state index in [0.29, 0.717) is 18.6 Å². The van der Waals surface area contributed by atoms with Crippen molar-refractivity contribution in [2.45, 2.75) is 57.8 Å². The van der Waals surface area contributed by atoms with E-state index in [9.17, 15) is 13.2 Å². The molecule has 0 saturated carbocycles. The second kappa shape index (κ2) is 14.2. The minimum Gasteiger partial charge on any atom is -0.359 e. The van der Waals surface area contributed by atoms with E-state index in [1.165, 1.54) is 28.9 Å². The fraction of sp³-hybridized carbons (Fsp3) is 0.464. The zero-order chi connectivity index (χ0) is 25.0. The lowest BCUT2D eigenvalue weighted by Gasteiger charge is -2.24. The SMILES string of the molecule is COCOC[C@H]1CC(CC/C=C(\C)CCC=C(C)C)=CC=C1C(=O)CS(=O)(=O)c1ccccc1.